The Morgan fingerprint density at radius 2 is 1.32 bits per heavy atom. The van der Waals surface area contributed by atoms with Gasteiger partial charge >= 0.3 is 94.6 Å². The number of carbonyl (C=O) groups is 2. The zero-order valence-electron chi connectivity index (χ0n) is 21.3. The molecule has 37 heavy (non-hydrogen) atoms. The minimum Gasteiger partial charge on any atom is -0.872 e. The maximum Gasteiger partial charge on any atom is 1.00 e. The largest absolute Gasteiger partial charge is 1.00 e. The molecule has 0 aliphatic heterocycles. The monoisotopic (exact) mass is 529 g/mol. The third kappa shape index (κ3) is 10.4. The van der Waals surface area contributed by atoms with Gasteiger partial charge in [0.15, 0.2) is 0 Å². The van der Waals surface area contributed by atoms with E-state index in [-0.39, 0.29) is 106 Å². The summed E-state index contributed by atoms with van der Waals surface area (Å²) in [6.07, 6.45) is 1.24. The summed E-state index contributed by atoms with van der Waals surface area (Å²) in [4.78, 5) is 36.8. The summed E-state index contributed by atoms with van der Waals surface area (Å²) >= 11 is 0. The second-order valence-electron chi connectivity index (χ2n) is 7.20. The number of hydrogen-bond donors (Lipinski definition) is 3. The summed E-state index contributed by atoms with van der Waals surface area (Å²) in [5.41, 5.74) is 1.31. The number of aromatic carboxylic acids is 1. The van der Waals surface area contributed by atoms with Crippen LogP contribution in [0, 0.1) is 0 Å². The van der Waals surface area contributed by atoms with Gasteiger partial charge < -0.3 is 35.6 Å². The molecule has 0 atom stereocenters. The fraction of sp³-hybridized carbons (Fsp3) is 0.0870. The Hall–Kier alpha value is -1.93. The first-order valence-corrected chi connectivity index (χ1v) is 9.82. The summed E-state index contributed by atoms with van der Waals surface area (Å²) < 4.78 is 0. The summed E-state index contributed by atoms with van der Waals surface area (Å²) in [6.45, 7) is 3.14. The zero-order chi connectivity index (χ0) is 24.8. The molecular formula is C23H20N6Na3O5+. The third-order valence-electron chi connectivity index (χ3n) is 4.41. The number of carbonyl (C=O) groups excluding carboxylic acids is 1. The van der Waals surface area contributed by atoms with Gasteiger partial charge in [-0.1, -0.05) is 24.3 Å². The van der Waals surface area contributed by atoms with E-state index in [2.05, 4.69) is 32.2 Å². The summed E-state index contributed by atoms with van der Waals surface area (Å²) in [5.74, 6) is -2.59. The second-order valence-corrected chi connectivity index (χ2v) is 7.20. The van der Waals surface area contributed by atoms with Crippen LogP contribution in [-0.2, 0) is 4.79 Å². The number of carboxylic acid groups (broad SMARTS) is 2. The quantitative estimate of drug-likeness (QED) is 0.104. The van der Waals surface area contributed by atoms with Crippen molar-refractivity contribution < 1.29 is 114 Å². The van der Waals surface area contributed by atoms with E-state index in [1.54, 1.807) is 55.4 Å². The number of aromatic nitrogens is 3. The van der Waals surface area contributed by atoms with Crippen LogP contribution in [0.4, 0.5) is 29.2 Å². The summed E-state index contributed by atoms with van der Waals surface area (Å²) in [5, 5.41) is 37.4. The van der Waals surface area contributed by atoms with Crippen molar-refractivity contribution in [2.45, 2.75) is 0 Å². The molecule has 0 saturated heterocycles. The molecule has 0 amide bonds. The van der Waals surface area contributed by atoms with Crippen LogP contribution in [0.1, 0.15) is 15.9 Å². The molecule has 0 aliphatic carbocycles. The van der Waals surface area contributed by atoms with Gasteiger partial charge in [-0.15, -0.1) is 12.3 Å². The average Bonchev–Trinajstić information content (AvgIpc) is 2.78. The molecule has 0 aliphatic rings. The van der Waals surface area contributed by atoms with Gasteiger partial charge in [-0.25, -0.2) is 4.79 Å². The molecule has 2 aromatic carbocycles. The number of nitrogens with zero attached hydrogens (tertiary/aromatic N) is 4. The van der Waals surface area contributed by atoms with Crippen molar-refractivity contribution in [1.82, 2.24) is 15.0 Å². The van der Waals surface area contributed by atoms with E-state index < -0.39 is 23.3 Å². The average molecular weight is 529 g/mol. The number of anilines is 5. The Balaban J connectivity index is 0.00000432. The Kier molecular flexibility index (Phi) is 15.3. The molecular weight excluding hydrogens is 509 g/mol. The van der Waals surface area contributed by atoms with Crippen molar-refractivity contribution in [3.63, 3.8) is 0 Å². The van der Waals surface area contributed by atoms with Crippen molar-refractivity contribution >= 4 is 47.2 Å². The molecule has 0 fully saturated rings. The minimum absolute atomic E-state index is 0. The van der Waals surface area contributed by atoms with E-state index in [0.29, 0.717) is 22.9 Å². The first-order chi connectivity index (χ1) is 16.1. The SMILES string of the molecule is C=C([O-])/C(=C/c1ccc(Nc2nc(Nc3ccc(C(=O)[O-])cc3)nc(N(C)C)n2)cc1)C(=O)O.[Na+].[Na+].[Na+]. The van der Waals surface area contributed by atoms with E-state index >= 15 is 0 Å². The minimum atomic E-state index is -1.35. The van der Waals surface area contributed by atoms with Gasteiger partial charge in [-0.2, -0.15) is 15.0 Å². The normalized spacial score (nSPS) is 10.1. The zero-order valence-corrected chi connectivity index (χ0v) is 27.3. The van der Waals surface area contributed by atoms with Gasteiger partial charge in [-0.05, 0) is 41.5 Å². The van der Waals surface area contributed by atoms with Crippen LogP contribution in [0.5, 0.6) is 0 Å². The number of benzene rings is 2. The Bertz CT molecular complexity index is 1250. The standard InChI is InChI=1S/C23H22N6O5.3Na/c1-13(30)18(20(33)34)12-14-4-8-16(9-5-14)24-21-26-22(28-23(27-21)29(2)3)25-17-10-6-15(7-11-17)19(31)32;;;/h4-12,30H,1H2,2-3H3,(H,31,32)(H,33,34)(H2,24,25,26,27,28);;;/q;3*+1/p-2/b18-12-;;;. The maximum atomic E-state index is 11.4. The Labute approximate surface area is 280 Å². The van der Waals surface area contributed by atoms with Crippen molar-refractivity contribution in [1.29, 1.82) is 0 Å². The summed E-state index contributed by atoms with van der Waals surface area (Å²) in [6, 6.07) is 12.5. The molecule has 0 bridgehead atoms. The number of carboxylic acids is 2. The van der Waals surface area contributed by atoms with Crippen molar-refractivity contribution in [2.24, 2.45) is 0 Å². The van der Waals surface area contributed by atoms with Gasteiger partial charge in [0, 0.05) is 25.5 Å². The van der Waals surface area contributed by atoms with E-state index in [0.717, 1.165) is 0 Å². The predicted octanol–water partition coefficient (Wildman–Crippen LogP) is -7.86. The van der Waals surface area contributed by atoms with Crippen LogP contribution in [-0.4, -0.2) is 46.1 Å². The molecule has 0 unspecified atom stereocenters. The number of hydrogen-bond acceptors (Lipinski definition) is 10. The van der Waals surface area contributed by atoms with Crippen LogP contribution in [0.3, 0.4) is 0 Å². The smallest absolute Gasteiger partial charge is 0.872 e. The van der Waals surface area contributed by atoms with Gasteiger partial charge in [-0.3, -0.25) is 0 Å². The molecule has 14 heteroatoms. The van der Waals surface area contributed by atoms with Crippen molar-refractivity contribution in [3.8, 4) is 0 Å². The molecule has 1 aromatic heterocycles. The Morgan fingerprint density at radius 3 is 1.70 bits per heavy atom. The van der Waals surface area contributed by atoms with Crippen LogP contribution >= 0.6 is 0 Å². The molecule has 0 spiro atoms. The van der Waals surface area contributed by atoms with Crippen molar-refractivity contribution in [2.75, 3.05) is 29.6 Å². The van der Waals surface area contributed by atoms with Crippen LogP contribution in [0.15, 0.2) is 66.4 Å². The molecule has 11 nitrogen and oxygen atoms in total. The fourth-order valence-electron chi connectivity index (χ4n) is 2.72. The van der Waals surface area contributed by atoms with Crippen molar-refractivity contribution in [3.05, 3.63) is 77.6 Å². The third-order valence-corrected chi connectivity index (χ3v) is 4.41. The molecule has 0 radical (unpaired) electrons. The number of rotatable bonds is 9. The van der Waals surface area contributed by atoms with E-state index in [1.807, 2.05) is 0 Å². The molecule has 174 valence electrons. The first-order valence-electron chi connectivity index (χ1n) is 9.82. The number of nitrogens with one attached hydrogen (secondary N) is 2. The van der Waals surface area contributed by atoms with Crippen LogP contribution in [0.2, 0.25) is 0 Å². The number of aliphatic carboxylic acids is 1. The Morgan fingerprint density at radius 1 is 0.865 bits per heavy atom. The molecule has 3 rings (SSSR count). The van der Waals surface area contributed by atoms with Gasteiger partial charge in [0.25, 0.3) is 0 Å². The van der Waals surface area contributed by atoms with Gasteiger partial charge in [0.05, 0.1) is 11.5 Å². The topological polar surface area (TPSA) is 166 Å². The van der Waals surface area contributed by atoms with Gasteiger partial charge in [0.1, 0.15) is 0 Å². The fourth-order valence-corrected chi connectivity index (χ4v) is 2.72. The second kappa shape index (κ2) is 16.1. The van der Waals surface area contributed by atoms with Crippen LogP contribution < -0.4 is 114 Å². The van der Waals surface area contributed by atoms with Crippen LogP contribution in [0.25, 0.3) is 6.08 Å². The molecule has 3 aromatic rings. The van der Waals surface area contributed by atoms with Gasteiger partial charge in [0.2, 0.25) is 17.8 Å². The first kappa shape index (κ1) is 35.1. The van der Waals surface area contributed by atoms with E-state index in [4.69, 9.17) is 5.11 Å². The molecule has 1 heterocycles. The summed E-state index contributed by atoms with van der Waals surface area (Å²) in [7, 11) is 3.53. The predicted molar refractivity (Wildman–Crippen MR) is 123 cm³/mol. The van der Waals surface area contributed by atoms with E-state index in [1.165, 1.54) is 18.2 Å². The van der Waals surface area contributed by atoms with E-state index in [9.17, 15) is 19.8 Å². The maximum absolute atomic E-state index is 11.4. The molecule has 3 N–H and O–H groups in total. The molecule has 0 saturated carbocycles.